The van der Waals surface area contributed by atoms with Gasteiger partial charge in [0.25, 0.3) is 0 Å². The van der Waals surface area contributed by atoms with Crippen LogP contribution in [0.1, 0.15) is 72.1 Å². The highest BCUT2D eigenvalue weighted by atomic mass is 16.6. The molecule has 0 spiro atoms. The molecule has 0 aromatic heterocycles. The van der Waals surface area contributed by atoms with E-state index in [1.165, 1.54) is 51.4 Å². The maximum Gasteiger partial charge on any atom is 0.407 e. The van der Waals surface area contributed by atoms with E-state index in [0.717, 1.165) is 24.4 Å². The van der Waals surface area contributed by atoms with Crippen LogP contribution in [0.4, 0.5) is 4.79 Å². The highest BCUT2D eigenvalue weighted by Crippen LogP contribution is 2.45. The lowest BCUT2D eigenvalue weighted by atomic mass is 9.83. The summed E-state index contributed by atoms with van der Waals surface area (Å²) in [4.78, 5) is 11.9. The van der Waals surface area contributed by atoms with Gasteiger partial charge in [-0.2, -0.15) is 0 Å². The molecular formula is C19H34N2O2. The number of nitrogens with one attached hydrogen (secondary N) is 2. The first-order valence-electron chi connectivity index (χ1n) is 9.65. The van der Waals surface area contributed by atoms with Crippen molar-refractivity contribution in [2.45, 2.75) is 89.8 Å². The van der Waals surface area contributed by atoms with E-state index >= 15 is 0 Å². The Kier molecular flexibility index (Phi) is 5.19. The summed E-state index contributed by atoms with van der Waals surface area (Å²) in [6.07, 6.45) is 10.5. The Balaban J connectivity index is 1.48. The van der Waals surface area contributed by atoms with Gasteiger partial charge in [0.2, 0.25) is 0 Å². The van der Waals surface area contributed by atoms with E-state index in [-0.39, 0.29) is 6.09 Å². The quantitative estimate of drug-likeness (QED) is 0.781. The van der Waals surface area contributed by atoms with E-state index in [1.54, 1.807) is 0 Å². The van der Waals surface area contributed by atoms with E-state index < -0.39 is 5.60 Å². The summed E-state index contributed by atoms with van der Waals surface area (Å²) in [7, 11) is 0. The summed E-state index contributed by atoms with van der Waals surface area (Å²) in [5, 5.41) is 7.01. The minimum Gasteiger partial charge on any atom is -0.444 e. The second-order valence-electron chi connectivity index (χ2n) is 8.90. The molecule has 23 heavy (non-hydrogen) atoms. The lowest BCUT2D eigenvalue weighted by molar-refractivity contribution is 0.0509. The Hall–Kier alpha value is -0.770. The van der Waals surface area contributed by atoms with Crippen LogP contribution in [-0.4, -0.2) is 30.3 Å². The summed E-state index contributed by atoms with van der Waals surface area (Å²) in [6, 6.07) is 1.33. The third-order valence-corrected chi connectivity index (χ3v) is 5.48. The largest absolute Gasteiger partial charge is 0.444 e. The molecule has 4 heteroatoms. The standard InChI is InChI=1S/C19H34N2O2/c1-19(2,3)23-18(22)20-12-15-6-4-5-7-16(15)21-17(13-8-9-13)14-10-11-14/h13-17,21H,4-12H2,1-3H3,(H,20,22). The van der Waals surface area contributed by atoms with E-state index in [2.05, 4.69) is 10.6 Å². The van der Waals surface area contributed by atoms with Crippen molar-refractivity contribution in [3.05, 3.63) is 0 Å². The van der Waals surface area contributed by atoms with Crippen molar-refractivity contribution < 1.29 is 9.53 Å². The first kappa shape index (κ1) is 17.1. The number of rotatable bonds is 6. The van der Waals surface area contributed by atoms with Crippen LogP contribution in [0.25, 0.3) is 0 Å². The molecule has 3 aliphatic rings. The molecule has 3 aliphatic carbocycles. The lowest BCUT2D eigenvalue weighted by Gasteiger charge is -2.36. The number of alkyl carbamates (subject to hydrolysis) is 1. The van der Waals surface area contributed by atoms with Gasteiger partial charge in [-0.05, 0) is 77.0 Å². The molecule has 0 radical (unpaired) electrons. The molecule has 2 atom stereocenters. The number of carbonyl (C=O) groups is 1. The summed E-state index contributed by atoms with van der Waals surface area (Å²) >= 11 is 0. The summed E-state index contributed by atoms with van der Waals surface area (Å²) in [5.74, 6) is 2.42. The van der Waals surface area contributed by atoms with Crippen LogP contribution in [0.15, 0.2) is 0 Å². The van der Waals surface area contributed by atoms with E-state index in [4.69, 9.17) is 4.74 Å². The normalized spacial score (nSPS) is 28.7. The third-order valence-electron chi connectivity index (χ3n) is 5.48. The van der Waals surface area contributed by atoms with Crippen molar-refractivity contribution in [2.24, 2.45) is 17.8 Å². The van der Waals surface area contributed by atoms with Crippen LogP contribution in [0.3, 0.4) is 0 Å². The number of carbonyl (C=O) groups excluding carboxylic acids is 1. The molecule has 3 saturated carbocycles. The fourth-order valence-electron chi connectivity index (χ4n) is 4.01. The van der Waals surface area contributed by atoms with Crippen molar-refractivity contribution in [1.29, 1.82) is 0 Å². The summed E-state index contributed by atoms with van der Waals surface area (Å²) in [6.45, 7) is 6.48. The number of ether oxygens (including phenoxy) is 1. The fourth-order valence-corrected chi connectivity index (χ4v) is 4.01. The van der Waals surface area contributed by atoms with Crippen LogP contribution in [0.2, 0.25) is 0 Å². The van der Waals surface area contributed by atoms with Gasteiger partial charge in [0.15, 0.2) is 0 Å². The van der Waals surface area contributed by atoms with E-state index in [9.17, 15) is 4.79 Å². The van der Waals surface area contributed by atoms with Crippen molar-refractivity contribution in [3.8, 4) is 0 Å². The Morgan fingerprint density at radius 2 is 1.65 bits per heavy atom. The maximum absolute atomic E-state index is 11.9. The van der Waals surface area contributed by atoms with Crippen LogP contribution in [-0.2, 0) is 4.74 Å². The van der Waals surface area contributed by atoms with Crippen molar-refractivity contribution in [1.82, 2.24) is 10.6 Å². The number of hydrogen-bond acceptors (Lipinski definition) is 3. The second-order valence-corrected chi connectivity index (χ2v) is 8.90. The van der Waals surface area contributed by atoms with E-state index in [1.807, 2.05) is 20.8 Å². The molecule has 0 aliphatic heterocycles. The van der Waals surface area contributed by atoms with Gasteiger partial charge in [0.1, 0.15) is 5.60 Å². The Bertz CT molecular complexity index is 398. The Morgan fingerprint density at radius 3 is 2.22 bits per heavy atom. The van der Waals surface area contributed by atoms with Gasteiger partial charge in [0.05, 0.1) is 0 Å². The van der Waals surface area contributed by atoms with Crippen molar-refractivity contribution in [3.63, 3.8) is 0 Å². The zero-order chi connectivity index (χ0) is 16.4. The van der Waals surface area contributed by atoms with Crippen LogP contribution >= 0.6 is 0 Å². The lowest BCUT2D eigenvalue weighted by Crippen LogP contribution is -2.49. The van der Waals surface area contributed by atoms with Gasteiger partial charge < -0.3 is 15.4 Å². The molecule has 4 nitrogen and oxygen atoms in total. The molecule has 2 unspecified atom stereocenters. The van der Waals surface area contributed by atoms with E-state index in [0.29, 0.717) is 12.0 Å². The first-order chi connectivity index (χ1) is 10.9. The van der Waals surface area contributed by atoms with Gasteiger partial charge in [-0.1, -0.05) is 12.8 Å². The van der Waals surface area contributed by atoms with Crippen LogP contribution < -0.4 is 10.6 Å². The smallest absolute Gasteiger partial charge is 0.407 e. The molecule has 0 heterocycles. The zero-order valence-corrected chi connectivity index (χ0v) is 15.1. The molecule has 0 aromatic rings. The zero-order valence-electron chi connectivity index (χ0n) is 15.1. The predicted octanol–water partition coefficient (Wildman–Crippen LogP) is 3.85. The highest BCUT2D eigenvalue weighted by Gasteiger charge is 2.43. The van der Waals surface area contributed by atoms with Gasteiger partial charge in [-0.15, -0.1) is 0 Å². The fraction of sp³-hybridized carbons (Fsp3) is 0.947. The minimum atomic E-state index is -0.419. The highest BCUT2D eigenvalue weighted by molar-refractivity contribution is 5.67. The van der Waals surface area contributed by atoms with Gasteiger partial charge >= 0.3 is 6.09 Å². The topological polar surface area (TPSA) is 50.4 Å². The molecule has 3 rings (SSSR count). The SMILES string of the molecule is CC(C)(C)OC(=O)NCC1CCCCC1NC(C1CC1)C1CC1. The molecule has 1 amide bonds. The average molecular weight is 322 g/mol. The maximum atomic E-state index is 11.9. The average Bonchev–Trinajstić information content (AvgIpc) is 3.35. The molecule has 0 aromatic carbocycles. The molecule has 3 fully saturated rings. The second kappa shape index (κ2) is 7.00. The molecule has 0 saturated heterocycles. The van der Waals surface area contributed by atoms with Crippen LogP contribution in [0.5, 0.6) is 0 Å². The Morgan fingerprint density at radius 1 is 1.04 bits per heavy atom. The predicted molar refractivity (Wildman–Crippen MR) is 92.4 cm³/mol. The first-order valence-corrected chi connectivity index (χ1v) is 9.65. The summed E-state index contributed by atoms with van der Waals surface area (Å²) in [5.41, 5.74) is -0.419. The van der Waals surface area contributed by atoms with Crippen LogP contribution in [0, 0.1) is 17.8 Å². The summed E-state index contributed by atoms with van der Waals surface area (Å²) < 4.78 is 5.37. The number of hydrogen-bond donors (Lipinski definition) is 2. The minimum absolute atomic E-state index is 0.275. The molecule has 132 valence electrons. The van der Waals surface area contributed by atoms with Crippen molar-refractivity contribution >= 4 is 6.09 Å². The van der Waals surface area contributed by atoms with Gasteiger partial charge in [-0.3, -0.25) is 0 Å². The van der Waals surface area contributed by atoms with Gasteiger partial charge in [-0.25, -0.2) is 4.79 Å². The monoisotopic (exact) mass is 322 g/mol. The van der Waals surface area contributed by atoms with Gasteiger partial charge in [0, 0.05) is 18.6 Å². The number of amides is 1. The Labute approximate surface area is 141 Å². The molecule has 2 N–H and O–H groups in total. The van der Waals surface area contributed by atoms with Crippen molar-refractivity contribution in [2.75, 3.05) is 6.54 Å². The third kappa shape index (κ3) is 5.37. The molecular weight excluding hydrogens is 288 g/mol. The molecule has 0 bridgehead atoms.